The predicted octanol–water partition coefficient (Wildman–Crippen LogP) is 4.83. The van der Waals surface area contributed by atoms with Gasteiger partial charge in [-0.2, -0.15) is 0 Å². The smallest absolute Gasteiger partial charge is 0.0491 e. The number of benzene rings is 2. The first-order valence-electron chi connectivity index (χ1n) is 8.24. The van der Waals surface area contributed by atoms with E-state index in [1.165, 1.54) is 41.4 Å². The topological polar surface area (TPSA) is 30.9 Å². The molecule has 0 aliphatic heterocycles. The van der Waals surface area contributed by atoms with Crippen LogP contribution in [0, 0.1) is 0 Å². The van der Waals surface area contributed by atoms with Crippen LogP contribution < -0.4 is 5.73 Å². The molecule has 114 valence electrons. The molecule has 22 heavy (non-hydrogen) atoms. The lowest BCUT2D eigenvalue weighted by Gasteiger charge is -2.11. The van der Waals surface area contributed by atoms with Crippen molar-refractivity contribution in [2.45, 2.75) is 32.2 Å². The normalized spacial score (nSPS) is 11.1. The zero-order chi connectivity index (χ0) is 15.2. The number of unbranched alkanes of at least 4 members (excludes halogenated alkanes) is 3. The highest BCUT2D eigenvalue weighted by molar-refractivity contribution is 5.87. The lowest BCUT2D eigenvalue weighted by Crippen LogP contribution is -2.01. The molecule has 0 saturated carbocycles. The summed E-state index contributed by atoms with van der Waals surface area (Å²) in [4.78, 5) is 0. The zero-order valence-electron chi connectivity index (χ0n) is 13.0. The van der Waals surface area contributed by atoms with E-state index in [0.29, 0.717) is 0 Å². The molecule has 2 aromatic carbocycles. The minimum atomic E-state index is 0.807. The summed E-state index contributed by atoms with van der Waals surface area (Å²) in [6.07, 6.45) is 4.82. The van der Waals surface area contributed by atoms with Crippen molar-refractivity contribution in [1.29, 1.82) is 0 Å². The van der Waals surface area contributed by atoms with Gasteiger partial charge in [-0.05, 0) is 37.1 Å². The third kappa shape index (κ3) is 3.23. The van der Waals surface area contributed by atoms with Crippen molar-refractivity contribution in [1.82, 2.24) is 4.57 Å². The molecule has 0 unspecified atom stereocenters. The fraction of sp³-hybridized carbons (Fsp3) is 0.300. The fourth-order valence-corrected chi connectivity index (χ4v) is 3.07. The van der Waals surface area contributed by atoms with Crippen LogP contribution in [0.1, 0.15) is 25.7 Å². The van der Waals surface area contributed by atoms with E-state index >= 15 is 0 Å². The minimum Gasteiger partial charge on any atom is -0.340 e. The Labute approximate surface area is 132 Å². The van der Waals surface area contributed by atoms with Gasteiger partial charge in [0.25, 0.3) is 0 Å². The van der Waals surface area contributed by atoms with Gasteiger partial charge in [0.15, 0.2) is 0 Å². The summed E-state index contributed by atoms with van der Waals surface area (Å²) in [5.74, 6) is 0. The van der Waals surface area contributed by atoms with Gasteiger partial charge < -0.3 is 10.3 Å². The summed E-state index contributed by atoms with van der Waals surface area (Å²) in [5, 5.41) is 1.32. The number of aryl methyl sites for hydroxylation is 1. The van der Waals surface area contributed by atoms with Crippen molar-refractivity contribution in [3.63, 3.8) is 0 Å². The second-order valence-corrected chi connectivity index (χ2v) is 5.81. The van der Waals surface area contributed by atoms with Crippen molar-refractivity contribution in [3.05, 3.63) is 60.7 Å². The van der Waals surface area contributed by atoms with Crippen LogP contribution in [0.25, 0.3) is 22.2 Å². The number of hydrogen-bond acceptors (Lipinski definition) is 1. The number of hydrogen-bond donors (Lipinski definition) is 1. The minimum absolute atomic E-state index is 0.807. The predicted molar refractivity (Wildman–Crippen MR) is 94.9 cm³/mol. The van der Waals surface area contributed by atoms with Crippen LogP contribution in [-0.4, -0.2) is 11.1 Å². The SMILES string of the molecule is NCCCCCCn1c(-c2ccccc2)cc2ccccc21. The zero-order valence-corrected chi connectivity index (χ0v) is 13.0. The molecule has 0 aliphatic rings. The Morgan fingerprint density at radius 3 is 2.32 bits per heavy atom. The third-order valence-corrected chi connectivity index (χ3v) is 4.22. The Kier molecular flexibility index (Phi) is 4.92. The van der Waals surface area contributed by atoms with E-state index in [2.05, 4.69) is 65.2 Å². The van der Waals surface area contributed by atoms with Crippen molar-refractivity contribution >= 4 is 10.9 Å². The van der Waals surface area contributed by atoms with Crippen LogP contribution in [0.15, 0.2) is 60.7 Å². The maximum absolute atomic E-state index is 5.57. The van der Waals surface area contributed by atoms with Crippen LogP contribution in [-0.2, 0) is 6.54 Å². The molecular weight excluding hydrogens is 268 g/mol. The van der Waals surface area contributed by atoms with Gasteiger partial charge in [0.1, 0.15) is 0 Å². The average molecular weight is 292 g/mol. The molecule has 0 radical (unpaired) electrons. The van der Waals surface area contributed by atoms with Crippen LogP contribution in [0.5, 0.6) is 0 Å². The van der Waals surface area contributed by atoms with Crippen molar-refractivity contribution in [2.24, 2.45) is 5.73 Å². The van der Waals surface area contributed by atoms with Crippen molar-refractivity contribution in [3.8, 4) is 11.3 Å². The monoisotopic (exact) mass is 292 g/mol. The highest BCUT2D eigenvalue weighted by Crippen LogP contribution is 2.28. The lowest BCUT2D eigenvalue weighted by atomic mass is 10.1. The quantitative estimate of drug-likeness (QED) is 0.621. The molecule has 0 atom stereocenters. The van der Waals surface area contributed by atoms with E-state index in [9.17, 15) is 0 Å². The van der Waals surface area contributed by atoms with Crippen LogP contribution in [0.3, 0.4) is 0 Å². The Balaban J connectivity index is 1.88. The molecule has 1 aromatic heterocycles. The Morgan fingerprint density at radius 1 is 0.773 bits per heavy atom. The third-order valence-electron chi connectivity index (χ3n) is 4.22. The number of nitrogens with two attached hydrogens (primary N) is 1. The van der Waals surface area contributed by atoms with Gasteiger partial charge in [-0.3, -0.25) is 0 Å². The highest BCUT2D eigenvalue weighted by Gasteiger charge is 2.09. The molecule has 2 N–H and O–H groups in total. The van der Waals surface area contributed by atoms with Gasteiger partial charge >= 0.3 is 0 Å². The number of nitrogens with zero attached hydrogens (tertiary/aromatic N) is 1. The Bertz CT molecular complexity index is 713. The molecule has 0 spiro atoms. The first kappa shape index (κ1) is 14.9. The summed E-state index contributed by atoms with van der Waals surface area (Å²) >= 11 is 0. The van der Waals surface area contributed by atoms with Gasteiger partial charge in [-0.15, -0.1) is 0 Å². The number of aromatic nitrogens is 1. The standard InChI is InChI=1S/C20H24N2/c21-14-8-1-2-9-15-22-19-13-7-6-12-18(19)16-20(22)17-10-4-3-5-11-17/h3-7,10-13,16H,1-2,8-9,14-15,21H2. The number of fused-ring (bicyclic) bond motifs is 1. The molecular formula is C20H24N2. The molecule has 0 amide bonds. The molecule has 0 fully saturated rings. The molecule has 1 heterocycles. The van der Waals surface area contributed by atoms with Crippen molar-refractivity contribution < 1.29 is 0 Å². The first-order chi connectivity index (χ1) is 10.9. The summed E-state index contributed by atoms with van der Waals surface area (Å²) in [5.41, 5.74) is 9.52. The van der Waals surface area contributed by atoms with Gasteiger partial charge in [-0.25, -0.2) is 0 Å². The van der Waals surface area contributed by atoms with Crippen molar-refractivity contribution in [2.75, 3.05) is 6.54 Å². The largest absolute Gasteiger partial charge is 0.340 e. The maximum atomic E-state index is 5.57. The second kappa shape index (κ2) is 7.28. The van der Waals surface area contributed by atoms with Crippen LogP contribution in [0.4, 0.5) is 0 Å². The van der Waals surface area contributed by atoms with E-state index in [1.54, 1.807) is 0 Å². The Morgan fingerprint density at radius 2 is 1.50 bits per heavy atom. The maximum Gasteiger partial charge on any atom is 0.0491 e. The molecule has 2 heteroatoms. The average Bonchev–Trinajstić information content (AvgIpc) is 2.94. The van der Waals surface area contributed by atoms with E-state index < -0.39 is 0 Å². The van der Waals surface area contributed by atoms with Gasteiger partial charge in [0, 0.05) is 23.1 Å². The fourth-order valence-electron chi connectivity index (χ4n) is 3.07. The van der Waals surface area contributed by atoms with Gasteiger partial charge in [0.2, 0.25) is 0 Å². The second-order valence-electron chi connectivity index (χ2n) is 5.81. The number of para-hydroxylation sites is 1. The van der Waals surface area contributed by atoms with Crippen LogP contribution >= 0.6 is 0 Å². The van der Waals surface area contributed by atoms with E-state index in [-0.39, 0.29) is 0 Å². The van der Waals surface area contributed by atoms with E-state index in [4.69, 9.17) is 5.73 Å². The molecule has 0 bridgehead atoms. The van der Waals surface area contributed by atoms with E-state index in [1.807, 2.05) is 0 Å². The van der Waals surface area contributed by atoms with Crippen LogP contribution in [0.2, 0.25) is 0 Å². The first-order valence-corrected chi connectivity index (χ1v) is 8.24. The Hall–Kier alpha value is -2.06. The molecule has 0 aliphatic carbocycles. The molecule has 0 saturated heterocycles. The van der Waals surface area contributed by atoms with E-state index in [0.717, 1.165) is 19.5 Å². The summed E-state index contributed by atoms with van der Waals surface area (Å²) < 4.78 is 2.47. The molecule has 2 nitrogen and oxygen atoms in total. The molecule has 3 aromatic rings. The van der Waals surface area contributed by atoms with Gasteiger partial charge in [0.05, 0.1) is 0 Å². The summed E-state index contributed by atoms with van der Waals surface area (Å²) in [6.45, 7) is 1.88. The van der Waals surface area contributed by atoms with Gasteiger partial charge in [-0.1, -0.05) is 61.4 Å². The number of rotatable bonds is 7. The highest BCUT2D eigenvalue weighted by atomic mass is 15.0. The summed E-state index contributed by atoms with van der Waals surface area (Å²) in [6, 6.07) is 21.7. The molecule has 3 rings (SSSR count). The lowest BCUT2D eigenvalue weighted by molar-refractivity contribution is 0.587. The summed E-state index contributed by atoms with van der Waals surface area (Å²) in [7, 11) is 0.